The van der Waals surface area contributed by atoms with E-state index in [1.807, 2.05) is 74.5 Å². The summed E-state index contributed by atoms with van der Waals surface area (Å²) in [5, 5.41) is 0. The monoisotopic (exact) mass is 507 g/mol. The van der Waals surface area contributed by atoms with Crippen molar-refractivity contribution in [1.82, 2.24) is 0 Å². The van der Waals surface area contributed by atoms with Crippen molar-refractivity contribution in [1.29, 1.82) is 0 Å². The largest absolute Gasteiger partial charge is 2.00 e. The fourth-order valence-corrected chi connectivity index (χ4v) is 1.51. The molecule has 0 aliphatic rings. The maximum absolute atomic E-state index is 5.61. The van der Waals surface area contributed by atoms with Crippen molar-refractivity contribution in [3.63, 3.8) is 0 Å². The van der Waals surface area contributed by atoms with Crippen LogP contribution in [0.1, 0.15) is 37.1 Å². The quantitative estimate of drug-likeness (QED) is 0.469. The van der Waals surface area contributed by atoms with Gasteiger partial charge in [-0.3, -0.25) is 0 Å². The molecule has 0 bridgehead atoms. The Bertz CT molecular complexity index is 393. The Morgan fingerprint density at radius 3 is 1.00 bits per heavy atom. The summed E-state index contributed by atoms with van der Waals surface area (Å²) in [4.78, 5) is 0. The molecule has 4 N–H and O–H groups in total. The van der Waals surface area contributed by atoms with Gasteiger partial charge in [-0.15, -0.1) is 0 Å². The van der Waals surface area contributed by atoms with E-state index in [1.54, 1.807) is 0 Å². The van der Waals surface area contributed by atoms with Gasteiger partial charge in [0.15, 0.2) is 0 Å². The molecule has 120 valence electrons. The van der Waals surface area contributed by atoms with Gasteiger partial charge in [-0.25, -0.2) is 0 Å². The minimum absolute atomic E-state index is 0. The third-order valence-corrected chi connectivity index (χ3v) is 2.65. The second-order valence-electron chi connectivity index (χ2n) is 4.40. The van der Waals surface area contributed by atoms with Crippen LogP contribution in [0.3, 0.4) is 0 Å². The number of nitrogens with two attached hydrogens (primary N) is 2. The Labute approximate surface area is 154 Å². The van der Waals surface area contributed by atoms with E-state index in [9.17, 15) is 0 Å². The first kappa shape index (κ1) is 25.6. The Kier molecular flexibility index (Phi) is 17.7. The molecule has 0 heterocycles. The summed E-state index contributed by atoms with van der Waals surface area (Å²) in [5.74, 6) is 0. The van der Waals surface area contributed by atoms with Gasteiger partial charge in [-0.1, -0.05) is 60.7 Å². The van der Waals surface area contributed by atoms with Crippen molar-refractivity contribution in [2.75, 3.05) is 0 Å². The van der Waals surface area contributed by atoms with Crippen LogP contribution < -0.4 is 36.3 Å². The molecule has 0 aliphatic heterocycles. The number of rotatable bonds is 2. The molecule has 0 fully saturated rings. The Hall–Kier alpha value is -0.372. The standard InChI is InChI=1S/2C8H11N.2ClH.Pt/c2*1-7(9)8-5-3-2-4-6-8;;;/h2*2-7H,9H2,1H3;2*1H;/q;;;;+2/p-2. The van der Waals surface area contributed by atoms with E-state index in [1.165, 1.54) is 11.1 Å². The van der Waals surface area contributed by atoms with E-state index in [-0.39, 0.29) is 58.0 Å². The summed E-state index contributed by atoms with van der Waals surface area (Å²) in [6.45, 7) is 3.96. The van der Waals surface area contributed by atoms with Gasteiger partial charge in [0.2, 0.25) is 0 Å². The number of hydrogen-bond acceptors (Lipinski definition) is 2. The summed E-state index contributed by atoms with van der Waals surface area (Å²) in [5.41, 5.74) is 13.6. The van der Waals surface area contributed by atoms with Gasteiger partial charge < -0.3 is 36.3 Å². The summed E-state index contributed by atoms with van der Waals surface area (Å²) < 4.78 is 0. The first-order valence-corrected chi connectivity index (χ1v) is 6.22. The predicted molar refractivity (Wildman–Crippen MR) is 78.1 cm³/mol. The van der Waals surface area contributed by atoms with Crippen molar-refractivity contribution in [3.05, 3.63) is 71.8 Å². The minimum Gasteiger partial charge on any atom is -1.00 e. The zero-order chi connectivity index (χ0) is 13.4. The van der Waals surface area contributed by atoms with E-state index in [4.69, 9.17) is 11.5 Å². The molecule has 0 radical (unpaired) electrons. The van der Waals surface area contributed by atoms with Gasteiger partial charge in [0.1, 0.15) is 0 Å². The molecular weight excluding hydrogens is 486 g/mol. The second-order valence-corrected chi connectivity index (χ2v) is 4.40. The van der Waals surface area contributed by atoms with Crippen LogP contribution >= 0.6 is 0 Å². The number of benzene rings is 2. The van der Waals surface area contributed by atoms with E-state index in [2.05, 4.69) is 0 Å². The first-order chi connectivity index (χ1) is 8.61. The third kappa shape index (κ3) is 10.9. The molecule has 0 amide bonds. The van der Waals surface area contributed by atoms with E-state index in [0.717, 1.165) is 0 Å². The van der Waals surface area contributed by atoms with E-state index in [0.29, 0.717) is 0 Å². The van der Waals surface area contributed by atoms with Gasteiger partial charge in [0, 0.05) is 12.1 Å². The predicted octanol–water partition coefficient (Wildman–Crippen LogP) is -2.58. The van der Waals surface area contributed by atoms with Gasteiger partial charge in [-0.05, 0) is 25.0 Å². The molecule has 0 aliphatic carbocycles. The topological polar surface area (TPSA) is 52.0 Å². The Balaban J connectivity index is -0.000000270. The molecule has 0 aromatic heterocycles. The molecule has 21 heavy (non-hydrogen) atoms. The maximum atomic E-state index is 5.61. The van der Waals surface area contributed by atoms with Crippen molar-refractivity contribution in [2.45, 2.75) is 25.9 Å². The van der Waals surface area contributed by atoms with Gasteiger partial charge in [0.05, 0.1) is 0 Å². The summed E-state index contributed by atoms with van der Waals surface area (Å²) in [6, 6.07) is 20.4. The van der Waals surface area contributed by atoms with Crippen molar-refractivity contribution < 1.29 is 45.9 Å². The van der Waals surface area contributed by atoms with Crippen LogP contribution in [0.25, 0.3) is 0 Å². The molecular formula is C16H22Cl2N2Pt. The van der Waals surface area contributed by atoms with Crippen LogP contribution in [0.2, 0.25) is 0 Å². The van der Waals surface area contributed by atoms with Gasteiger partial charge in [0.25, 0.3) is 0 Å². The molecule has 0 saturated heterocycles. The summed E-state index contributed by atoms with van der Waals surface area (Å²) in [7, 11) is 0. The second kappa shape index (κ2) is 14.6. The average Bonchev–Trinajstić information content (AvgIpc) is 2.41. The van der Waals surface area contributed by atoms with E-state index >= 15 is 0 Å². The molecule has 5 heteroatoms. The fraction of sp³-hybridized carbons (Fsp3) is 0.250. The molecule has 0 spiro atoms. The van der Waals surface area contributed by atoms with Crippen LogP contribution in [0, 0.1) is 0 Å². The van der Waals surface area contributed by atoms with Crippen LogP contribution in [0.4, 0.5) is 0 Å². The molecule has 2 aromatic carbocycles. The van der Waals surface area contributed by atoms with Crippen molar-refractivity contribution >= 4 is 0 Å². The molecule has 2 atom stereocenters. The number of hydrogen-bond donors (Lipinski definition) is 2. The average molecular weight is 508 g/mol. The first-order valence-electron chi connectivity index (χ1n) is 6.22. The molecule has 2 aromatic rings. The van der Waals surface area contributed by atoms with Crippen molar-refractivity contribution in [3.8, 4) is 0 Å². The molecule has 0 saturated carbocycles. The van der Waals surface area contributed by atoms with Crippen molar-refractivity contribution in [2.24, 2.45) is 11.5 Å². The normalized spacial score (nSPS) is 11.2. The van der Waals surface area contributed by atoms with Crippen LogP contribution in [-0.4, -0.2) is 0 Å². The van der Waals surface area contributed by atoms with E-state index < -0.39 is 0 Å². The molecule has 2 rings (SSSR count). The Morgan fingerprint density at radius 2 is 0.857 bits per heavy atom. The van der Waals surface area contributed by atoms with Gasteiger partial charge >= 0.3 is 21.1 Å². The summed E-state index contributed by atoms with van der Waals surface area (Å²) >= 11 is 0. The molecule has 2 unspecified atom stereocenters. The molecule has 2 nitrogen and oxygen atoms in total. The SMILES string of the molecule is CC(N)c1ccccc1.CC(N)c1ccccc1.[Cl-].[Cl-].[Pt+2]. The summed E-state index contributed by atoms with van der Waals surface area (Å²) in [6.07, 6.45) is 0. The maximum Gasteiger partial charge on any atom is 2.00 e. The van der Waals surface area contributed by atoms with Crippen LogP contribution in [-0.2, 0) is 21.1 Å². The zero-order valence-electron chi connectivity index (χ0n) is 12.2. The van der Waals surface area contributed by atoms with Gasteiger partial charge in [-0.2, -0.15) is 0 Å². The fourth-order valence-electron chi connectivity index (χ4n) is 1.51. The van der Waals surface area contributed by atoms with Crippen LogP contribution in [0.15, 0.2) is 60.7 Å². The third-order valence-electron chi connectivity index (χ3n) is 2.65. The van der Waals surface area contributed by atoms with Crippen LogP contribution in [0.5, 0.6) is 0 Å². The smallest absolute Gasteiger partial charge is 1.00 e. The Morgan fingerprint density at radius 1 is 0.619 bits per heavy atom. The minimum atomic E-state index is 0. The zero-order valence-corrected chi connectivity index (χ0v) is 15.9. The number of halogens is 2.